The second kappa shape index (κ2) is 5.75. The molecule has 0 heterocycles. The Hall–Kier alpha value is -1.22. The van der Waals surface area contributed by atoms with Crippen LogP contribution >= 0.6 is 11.6 Å². The molecule has 3 nitrogen and oxygen atoms in total. The number of carbonyl (C=O) groups excluding carboxylic acids is 1. The molecule has 0 saturated carbocycles. The molecule has 0 aliphatic heterocycles. The maximum Gasteiger partial charge on any atom is 0.515 e. The van der Waals surface area contributed by atoms with E-state index in [1.54, 1.807) is 0 Å². The first kappa shape index (κ1) is 12.8. The number of hydrogen-bond donors (Lipinski definition) is 0. The fourth-order valence-electron chi connectivity index (χ4n) is 1.37. The van der Waals surface area contributed by atoms with E-state index in [0.29, 0.717) is 5.75 Å². The topological polar surface area (TPSA) is 35.5 Å². The second-order valence-corrected chi connectivity index (χ2v) is 4.02. The molecule has 1 aromatic rings. The fourth-order valence-corrected chi connectivity index (χ4v) is 1.46. The molecule has 0 unspecified atom stereocenters. The van der Waals surface area contributed by atoms with E-state index in [1.165, 1.54) is 0 Å². The molecule has 1 aromatic carbocycles. The summed E-state index contributed by atoms with van der Waals surface area (Å²) in [6.07, 6.45) is -0.775. The SMILES string of the molecule is Cc1ccc(C(C)C)c(OC(=O)OCCl)c1. The number of ether oxygens (including phenoxy) is 2. The molecule has 4 heteroatoms. The van der Waals surface area contributed by atoms with Crippen LogP contribution in [0.4, 0.5) is 4.79 Å². The number of halogens is 1. The van der Waals surface area contributed by atoms with E-state index in [1.807, 2.05) is 39.0 Å². The number of hydrogen-bond acceptors (Lipinski definition) is 3. The Kier molecular flexibility index (Phi) is 4.62. The van der Waals surface area contributed by atoms with E-state index in [4.69, 9.17) is 16.3 Å². The molecule has 1 rings (SSSR count). The summed E-state index contributed by atoms with van der Waals surface area (Å²) < 4.78 is 9.61. The van der Waals surface area contributed by atoms with Gasteiger partial charge in [-0.1, -0.05) is 37.6 Å². The van der Waals surface area contributed by atoms with Crippen LogP contribution < -0.4 is 4.74 Å². The highest BCUT2D eigenvalue weighted by Gasteiger charge is 2.12. The van der Waals surface area contributed by atoms with Gasteiger partial charge in [-0.05, 0) is 30.0 Å². The Balaban J connectivity index is 2.92. The zero-order chi connectivity index (χ0) is 12.1. The van der Waals surface area contributed by atoms with Crippen LogP contribution in [0.2, 0.25) is 0 Å². The average molecular weight is 243 g/mol. The molecular formula is C12H15ClO3. The third-order valence-corrected chi connectivity index (χ3v) is 2.27. The normalized spacial score (nSPS) is 10.3. The lowest BCUT2D eigenvalue weighted by molar-refractivity contribution is 0.115. The largest absolute Gasteiger partial charge is 0.515 e. The van der Waals surface area contributed by atoms with E-state index in [2.05, 4.69) is 4.74 Å². The van der Waals surface area contributed by atoms with Crippen molar-refractivity contribution in [2.45, 2.75) is 26.7 Å². The number of rotatable bonds is 3. The number of benzene rings is 1. The first-order valence-corrected chi connectivity index (χ1v) is 5.59. The fraction of sp³-hybridized carbons (Fsp3) is 0.417. The minimum atomic E-state index is -0.775. The Morgan fingerprint density at radius 3 is 2.69 bits per heavy atom. The van der Waals surface area contributed by atoms with Crippen molar-refractivity contribution in [2.75, 3.05) is 6.07 Å². The number of aryl methyl sites for hydroxylation is 1. The minimum absolute atomic E-state index is 0.207. The van der Waals surface area contributed by atoms with Crippen LogP contribution in [0.1, 0.15) is 30.9 Å². The van der Waals surface area contributed by atoms with Crippen molar-refractivity contribution in [3.05, 3.63) is 29.3 Å². The third-order valence-electron chi connectivity index (χ3n) is 2.16. The van der Waals surface area contributed by atoms with Crippen molar-refractivity contribution in [1.29, 1.82) is 0 Å². The highest BCUT2D eigenvalue weighted by Crippen LogP contribution is 2.27. The van der Waals surface area contributed by atoms with Crippen molar-refractivity contribution in [3.63, 3.8) is 0 Å². The van der Waals surface area contributed by atoms with E-state index >= 15 is 0 Å². The van der Waals surface area contributed by atoms with Crippen molar-refractivity contribution < 1.29 is 14.3 Å². The summed E-state index contributed by atoms with van der Waals surface area (Å²) in [5.74, 6) is 0.810. The van der Waals surface area contributed by atoms with E-state index in [9.17, 15) is 4.79 Å². The predicted octanol–water partition coefficient (Wildman–Crippen LogP) is 3.83. The van der Waals surface area contributed by atoms with Gasteiger partial charge in [-0.3, -0.25) is 0 Å². The second-order valence-electron chi connectivity index (χ2n) is 3.80. The van der Waals surface area contributed by atoms with Crippen LogP contribution in [0.25, 0.3) is 0 Å². The Bertz CT molecular complexity index is 375. The molecule has 0 aromatic heterocycles. The van der Waals surface area contributed by atoms with E-state index in [-0.39, 0.29) is 12.0 Å². The van der Waals surface area contributed by atoms with Gasteiger partial charge in [0.25, 0.3) is 0 Å². The summed E-state index contributed by atoms with van der Waals surface area (Å²) >= 11 is 5.27. The van der Waals surface area contributed by atoms with Gasteiger partial charge in [0.05, 0.1) is 0 Å². The summed E-state index contributed by atoms with van der Waals surface area (Å²) in [7, 11) is 0. The molecule has 16 heavy (non-hydrogen) atoms. The molecule has 0 spiro atoms. The minimum Gasteiger partial charge on any atom is -0.418 e. The van der Waals surface area contributed by atoms with Crippen molar-refractivity contribution >= 4 is 17.8 Å². The third kappa shape index (κ3) is 3.42. The van der Waals surface area contributed by atoms with E-state index < -0.39 is 6.16 Å². The standard InChI is InChI=1S/C12H15ClO3/c1-8(2)10-5-4-9(3)6-11(10)16-12(14)15-7-13/h4-6,8H,7H2,1-3H3. The lowest BCUT2D eigenvalue weighted by Gasteiger charge is -2.12. The first-order chi connectivity index (χ1) is 7.54. The van der Waals surface area contributed by atoms with Crippen LogP contribution in [0.3, 0.4) is 0 Å². The molecule has 0 N–H and O–H groups in total. The molecule has 0 bridgehead atoms. The van der Waals surface area contributed by atoms with Crippen LogP contribution in [0, 0.1) is 6.92 Å². The Labute approximate surface area is 100 Å². The Morgan fingerprint density at radius 2 is 2.12 bits per heavy atom. The molecule has 0 amide bonds. The van der Waals surface area contributed by atoms with Gasteiger partial charge >= 0.3 is 6.16 Å². The zero-order valence-corrected chi connectivity index (χ0v) is 10.4. The zero-order valence-electron chi connectivity index (χ0n) is 9.62. The summed E-state index contributed by atoms with van der Waals surface area (Å²) in [6.45, 7) is 6.00. The monoisotopic (exact) mass is 242 g/mol. The maximum atomic E-state index is 11.2. The smallest absolute Gasteiger partial charge is 0.418 e. The molecule has 0 atom stereocenters. The molecule has 0 radical (unpaired) electrons. The lowest BCUT2D eigenvalue weighted by atomic mass is 10.0. The van der Waals surface area contributed by atoms with Gasteiger partial charge in [-0.25, -0.2) is 4.79 Å². The molecule has 0 aliphatic carbocycles. The van der Waals surface area contributed by atoms with Gasteiger partial charge in [0.1, 0.15) is 5.75 Å². The van der Waals surface area contributed by atoms with Crippen molar-refractivity contribution in [3.8, 4) is 5.75 Å². The quantitative estimate of drug-likeness (QED) is 0.459. The van der Waals surface area contributed by atoms with Gasteiger partial charge in [-0.2, -0.15) is 0 Å². The van der Waals surface area contributed by atoms with Gasteiger partial charge < -0.3 is 9.47 Å². The summed E-state index contributed by atoms with van der Waals surface area (Å²) in [5, 5.41) is 0. The predicted molar refractivity (Wildman–Crippen MR) is 63.1 cm³/mol. The molecule has 88 valence electrons. The maximum absolute atomic E-state index is 11.2. The van der Waals surface area contributed by atoms with Crippen LogP contribution in [0.5, 0.6) is 5.75 Å². The number of alkyl halides is 1. The summed E-state index contributed by atoms with van der Waals surface area (Å²) in [4.78, 5) is 11.2. The lowest BCUT2D eigenvalue weighted by Crippen LogP contribution is -2.11. The molecule has 0 fully saturated rings. The van der Waals surface area contributed by atoms with Gasteiger partial charge in [0, 0.05) is 0 Å². The summed E-state index contributed by atoms with van der Waals surface area (Å²) in [6, 6.07) is 5.53. The molecule has 0 aliphatic rings. The average Bonchev–Trinajstić information content (AvgIpc) is 2.17. The molecule has 0 saturated heterocycles. The van der Waals surface area contributed by atoms with Crippen molar-refractivity contribution in [2.24, 2.45) is 0 Å². The summed E-state index contributed by atoms with van der Waals surface area (Å²) in [5.41, 5.74) is 2.00. The van der Waals surface area contributed by atoms with Crippen molar-refractivity contribution in [1.82, 2.24) is 0 Å². The van der Waals surface area contributed by atoms with E-state index in [0.717, 1.165) is 11.1 Å². The van der Waals surface area contributed by atoms with Gasteiger partial charge in [0.2, 0.25) is 0 Å². The van der Waals surface area contributed by atoms with Gasteiger partial charge in [-0.15, -0.1) is 0 Å². The highest BCUT2D eigenvalue weighted by atomic mass is 35.5. The van der Waals surface area contributed by atoms with Crippen LogP contribution in [-0.2, 0) is 4.74 Å². The Morgan fingerprint density at radius 1 is 1.44 bits per heavy atom. The first-order valence-electron chi connectivity index (χ1n) is 5.05. The van der Waals surface area contributed by atoms with Gasteiger partial charge in [0.15, 0.2) is 6.07 Å². The van der Waals surface area contributed by atoms with Crippen LogP contribution in [-0.4, -0.2) is 12.2 Å². The highest BCUT2D eigenvalue weighted by molar-refractivity contribution is 6.17. The molecular weight excluding hydrogens is 228 g/mol. The number of carbonyl (C=O) groups is 1. The van der Waals surface area contributed by atoms with Crippen LogP contribution in [0.15, 0.2) is 18.2 Å².